The highest BCUT2D eigenvalue weighted by molar-refractivity contribution is 5.82. The maximum atomic E-state index is 12.9. The summed E-state index contributed by atoms with van der Waals surface area (Å²) in [7, 11) is 0. The third-order valence-corrected chi connectivity index (χ3v) is 4.85. The van der Waals surface area contributed by atoms with Crippen LogP contribution in [0.4, 0.5) is 4.79 Å². The fourth-order valence-electron chi connectivity index (χ4n) is 3.43. The van der Waals surface area contributed by atoms with Crippen LogP contribution in [0.15, 0.2) is 79.4 Å². The molecule has 1 atom stereocenters. The van der Waals surface area contributed by atoms with Crippen LogP contribution < -0.4 is 10.6 Å². The van der Waals surface area contributed by atoms with Crippen molar-refractivity contribution in [2.45, 2.75) is 38.0 Å². The van der Waals surface area contributed by atoms with Crippen molar-refractivity contribution in [1.29, 1.82) is 0 Å². The average Bonchev–Trinajstić information content (AvgIpc) is 2.81. The van der Waals surface area contributed by atoms with E-state index in [1.807, 2.05) is 30.3 Å². The molecule has 0 aliphatic heterocycles. The molecule has 2 aromatic heterocycles. The fraction of sp³-hybridized carbons (Fsp3) is 0.280. The maximum absolute atomic E-state index is 12.9. The number of alkyl carbamates (subject to hydrolysis) is 1. The fourth-order valence-corrected chi connectivity index (χ4v) is 3.43. The summed E-state index contributed by atoms with van der Waals surface area (Å²) in [5, 5.41) is 17.5. The highest BCUT2D eigenvalue weighted by Gasteiger charge is 2.42. The zero-order valence-electron chi connectivity index (χ0n) is 18.9. The van der Waals surface area contributed by atoms with Crippen molar-refractivity contribution in [1.82, 2.24) is 20.6 Å². The normalized spacial score (nSPS) is 12.5. The van der Waals surface area contributed by atoms with Gasteiger partial charge in [-0.1, -0.05) is 42.5 Å². The van der Waals surface area contributed by atoms with Gasteiger partial charge in [-0.2, -0.15) is 0 Å². The summed E-state index contributed by atoms with van der Waals surface area (Å²) in [4.78, 5) is 33.2. The molecule has 0 radical (unpaired) electrons. The van der Waals surface area contributed by atoms with Gasteiger partial charge in [0.05, 0.1) is 6.04 Å². The number of pyridine rings is 2. The predicted molar refractivity (Wildman–Crippen MR) is 123 cm³/mol. The van der Waals surface area contributed by atoms with Crippen LogP contribution in [0.5, 0.6) is 0 Å². The second kappa shape index (κ2) is 10.2. The first-order valence-corrected chi connectivity index (χ1v) is 10.5. The Balaban J connectivity index is 1.95. The molecule has 3 aromatic rings. The summed E-state index contributed by atoms with van der Waals surface area (Å²) in [6.07, 6.45) is 5.60. The van der Waals surface area contributed by atoms with Gasteiger partial charge in [0.15, 0.2) is 0 Å². The van der Waals surface area contributed by atoms with Crippen molar-refractivity contribution in [3.05, 3.63) is 96.1 Å². The molecule has 0 aliphatic rings. The van der Waals surface area contributed by atoms with Gasteiger partial charge in [-0.05, 0) is 38.5 Å². The van der Waals surface area contributed by atoms with E-state index in [0.29, 0.717) is 16.7 Å². The number of rotatable bonds is 7. The molecule has 1 aromatic carbocycles. The summed E-state index contributed by atoms with van der Waals surface area (Å²) in [6.45, 7) is 4.88. The third kappa shape index (κ3) is 6.14. The van der Waals surface area contributed by atoms with Crippen molar-refractivity contribution in [2.75, 3.05) is 6.54 Å². The van der Waals surface area contributed by atoms with Crippen LogP contribution in [-0.4, -0.2) is 39.2 Å². The van der Waals surface area contributed by atoms with Gasteiger partial charge in [-0.3, -0.25) is 14.8 Å². The lowest BCUT2D eigenvalue weighted by Crippen LogP contribution is -2.48. The molecule has 2 heterocycles. The van der Waals surface area contributed by atoms with Gasteiger partial charge in [0.2, 0.25) is 5.91 Å². The molecular weight excluding hydrogens is 420 g/mol. The number of carbonyl (C=O) groups is 2. The van der Waals surface area contributed by atoms with E-state index in [1.54, 1.807) is 69.8 Å². The first kappa shape index (κ1) is 23.9. The lowest BCUT2D eigenvalue weighted by Gasteiger charge is -2.37. The zero-order valence-corrected chi connectivity index (χ0v) is 18.9. The molecule has 172 valence electrons. The van der Waals surface area contributed by atoms with E-state index < -0.39 is 29.2 Å². The topological polar surface area (TPSA) is 113 Å². The Bertz CT molecular complexity index is 1010. The SMILES string of the molecule is CC(C)(C)OC(=O)NCC(=O)N[C@H](c1ccccc1)C(O)(c1cccnc1)c1cccnc1. The largest absolute Gasteiger partial charge is 0.444 e. The number of nitrogens with zero attached hydrogens (tertiary/aromatic N) is 2. The van der Waals surface area contributed by atoms with Crippen LogP contribution in [-0.2, 0) is 15.1 Å². The van der Waals surface area contributed by atoms with Crippen LogP contribution in [0, 0.1) is 0 Å². The van der Waals surface area contributed by atoms with Gasteiger partial charge in [0, 0.05) is 35.9 Å². The minimum atomic E-state index is -1.69. The summed E-state index contributed by atoms with van der Waals surface area (Å²) in [6, 6.07) is 15.1. The van der Waals surface area contributed by atoms with Gasteiger partial charge in [0.25, 0.3) is 0 Å². The quantitative estimate of drug-likeness (QED) is 0.512. The van der Waals surface area contributed by atoms with E-state index in [-0.39, 0.29) is 6.54 Å². The van der Waals surface area contributed by atoms with Crippen LogP contribution in [0.2, 0.25) is 0 Å². The van der Waals surface area contributed by atoms with Crippen LogP contribution in [0.1, 0.15) is 43.5 Å². The van der Waals surface area contributed by atoms with E-state index in [9.17, 15) is 14.7 Å². The molecule has 8 heteroatoms. The number of amides is 2. The number of aliphatic hydroxyl groups is 1. The van der Waals surface area contributed by atoms with Crippen LogP contribution in [0.25, 0.3) is 0 Å². The average molecular weight is 449 g/mol. The molecule has 0 bridgehead atoms. The van der Waals surface area contributed by atoms with Crippen molar-refractivity contribution in [3.8, 4) is 0 Å². The minimum absolute atomic E-state index is 0.325. The number of aromatic nitrogens is 2. The van der Waals surface area contributed by atoms with E-state index in [0.717, 1.165) is 0 Å². The summed E-state index contributed by atoms with van der Waals surface area (Å²) >= 11 is 0. The Kier molecular flexibility index (Phi) is 7.40. The number of nitrogens with one attached hydrogen (secondary N) is 2. The summed E-state index contributed by atoms with van der Waals surface area (Å²) in [5.74, 6) is -0.499. The first-order valence-electron chi connectivity index (χ1n) is 10.5. The predicted octanol–water partition coefficient (Wildman–Crippen LogP) is 3.09. The number of hydrogen-bond acceptors (Lipinski definition) is 6. The third-order valence-electron chi connectivity index (χ3n) is 4.85. The Morgan fingerprint density at radius 3 is 2.00 bits per heavy atom. The van der Waals surface area contributed by atoms with Gasteiger partial charge in [-0.15, -0.1) is 0 Å². The Morgan fingerprint density at radius 1 is 0.939 bits per heavy atom. The highest BCUT2D eigenvalue weighted by atomic mass is 16.6. The number of carbonyl (C=O) groups excluding carboxylic acids is 2. The van der Waals surface area contributed by atoms with E-state index in [2.05, 4.69) is 20.6 Å². The molecule has 3 N–H and O–H groups in total. The number of hydrogen-bond donors (Lipinski definition) is 3. The minimum Gasteiger partial charge on any atom is -0.444 e. The van der Waals surface area contributed by atoms with Gasteiger partial charge < -0.3 is 20.5 Å². The van der Waals surface area contributed by atoms with Crippen LogP contribution in [0.3, 0.4) is 0 Å². The molecule has 0 unspecified atom stereocenters. The molecule has 2 amide bonds. The molecule has 33 heavy (non-hydrogen) atoms. The summed E-state index contributed by atoms with van der Waals surface area (Å²) in [5.41, 5.74) is -0.753. The lowest BCUT2D eigenvalue weighted by molar-refractivity contribution is -0.123. The molecule has 0 saturated carbocycles. The van der Waals surface area contributed by atoms with Gasteiger partial charge >= 0.3 is 6.09 Å². The highest BCUT2D eigenvalue weighted by Crippen LogP contribution is 2.40. The summed E-state index contributed by atoms with van der Waals surface area (Å²) < 4.78 is 5.19. The Labute approximate surface area is 193 Å². The lowest BCUT2D eigenvalue weighted by atomic mass is 9.78. The van der Waals surface area contributed by atoms with E-state index in [4.69, 9.17) is 4.74 Å². The monoisotopic (exact) mass is 448 g/mol. The first-order chi connectivity index (χ1) is 15.7. The Morgan fingerprint density at radius 2 is 1.52 bits per heavy atom. The number of benzene rings is 1. The van der Waals surface area contributed by atoms with Gasteiger partial charge in [-0.25, -0.2) is 4.79 Å². The van der Waals surface area contributed by atoms with Crippen molar-refractivity contribution in [3.63, 3.8) is 0 Å². The maximum Gasteiger partial charge on any atom is 0.408 e. The molecule has 0 saturated heterocycles. The van der Waals surface area contributed by atoms with Gasteiger partial charge in [0.1, 0.15) is 17.7 Å². The second-order valence-electron chi connectivity index (χ2n) is 8.52. The smallest absolute Gasteiger partial charge is 0.408 e. The van der Waals surface area contributed by atoms with Crippen molar-refractivity contribution in [2.24, 2.45) is 0 Å². The molecule has 8 nitrogen and oxygen atoms in total. The zero-order chi connectivity index (χ0) is 23.9. The molecule has 0 aliphatic carbocycles. The number of ether oxygens (including phenoxy) is 1. The standard InChI is InChI=1S/C25H28N4O4/c1-24(2,3)33-23(31)28-17-21(30)29-22(18-9-5-4-6-10-18)25(32,19-11-7-13-26-15-19)20-12-8-14-27-16-20/h4-16,22,32H,17H2,1-3H3,(H,28,31)(H,29,30)/t22-/m1/s1. The second-order valence-corrected chi connectivity index (χ2v) is 8.52. The van der Waals surface area contributed by atoms with Crippen LogP contribution >= 0.6 is 0 Å². The van der Waals surface area contributed by atoms with Crippen molar-refractivity contribution < 1.29 is 19.4 Å². The van der Waals surface area contributed by atoms with Crippen molar-refractivity contribution >= 4 is 12.0 Å². The molecule has 0 spiro atoms. The molecular formula is C25H28N4O4. The molecule has 3 rings (SSSR count). The van der Waals surface area contributed by atoms with E-state index >= 15 is 0 Å². The molecule has 0 fully saturated rings. The Hall–Kier alpha value is -3.78. The van der Waals surface area contributed by atoms with E-state index in [1.165, 1.54) is 0 Å².